The van der Waals surface area contributed by atoms with Crippen LogP contribution in [0.5, 0.6) is 0 Å². The quantitative estimate of drug-likeness (QED) is 0.798. The topological polar surface area (TPSA) is 49.3 Å². The number of carboxylic acids is 1. The molecule has 0 saturated carbocycles. The largest absolute Gasteiger partial charge is 0.478 e. The van der Waals surface area contributed by atoms with Gasteiger partial charge in [-0.2, -0.15) is 0 Å². The van der Waals surface area contributed by atoms with Gasteiger partial charge in [0.2, 0.25) is 0 Å². The van der Waals surface area contributed by atoms with Crippen LogP contribution in [0.3, 0.4) is 0 Å². The predicted octanol–water partition coefficient (Wildman–Crippen LogP) is 4.01. The predicted molar refractivity (Wildman–Crippen MR) is 75.8 cm³/mol. The van der Waals surface area contributed by atoms with E-state index < -0.39 is 23.2 Å². The number of benzene rings is 2. The molecule has 0 aromatic heterocycles. The van der Waals surface area contributed by atoms with Gasteiger partial charge in [0.15, 0.2) is 11.6 Å². The van der Waals surface area contributed by atoms with Crippen LogP contribution in [0.4, 0.5) is 20.2 Å². The average molecular weight is 375 g/mol. The Kier molecular flexibility index (Phi) is 3.98. The zero-order valence-electron chi connectivity index (χ0n) is 9.45. The molecule has 0 bridgehead atoms. The number of nitrogens with one attached hydrogen (secondary N) is 1. The first-order valence-electron chi connectivity index (χ1n) is 5.22. The summed E-state index contributed by atoms with van der Waals surface area (Å²) in [5, 5.41) is 11.3. The highest BCUT2D eigenvalue weighted by Crippen LogP contribution is 2.25. The molecule has 0 spiro atoms. The molecular weight excluding hydrogens is 367 g/mol. The van der Waals surface area contributed by atoms with Crippen LogP contribution >= 0.6 is 22.6 Å². The maximum atomic E-state index is 13.7. The highest BCUT2D eigenvalue weighted by atomic mass is 127. The third-order valence-electron chi connectivity index (χ3n) is 2.40. The van der Waals surface area contributed by atoms with Crippen LogP contribution in [0.1, 0.15) is 10.4 Å². The van der Waals surface area contributed by atoms with Gasteiger partial charge in [-0.25, -0.2) is 13.6 Å². The third-order valence-corrected chi connectivity index (χ3v) is 3.12. The molecular formula is C13H8F2INO2. The number of aromatic carboxylic acids is 1. The van der Waals surface area contributed by atoms with Gasteiger partial charge < -0.3 is 10.4 Å². The second kappa shape index (κ2) is 5.52. The van der Waals surface area contributed by atoms with Crippen molar-refractivity contribution in [3.8, 4) is 0 Å². The number of halogens is 3. The molecule has 0 aliphatic heterocycles. The van der Waals surface area contributed by atoms with Crippen LogP contribution in [0, 0.1) is 15.2 Å². The molecule has 2 rings (SSSR count). The summed E-state index contributed by atoms with van der Waals surface area (Å²) in [4.78, 5) is 10.7. The normalized spacial score (nSPS) is 10.3. The zero-order valence-corrected chi connectivity index (χ0v) is 11.6. The van der Waals surface area contributed by atoms with Crippen LogP contribution in [0.15, 0.2) is 36.4 Å². The summed E-state index contributed by atoms with van der Waals surface area (Å²) in [6.07, 6.45) is 0. The lowest BCUT2D eigenvalue weighted by Crippen LogP contribution is -2.03. The Morgan fingerprint density at radius 1 is 1.11 bits per heavy atom. The Morgan fingerprint density at radius 3 is 2.11 bits per heavy atom. The van der Waals surface area contributed by atoms with E-state index in [0.717, 1.165) is 15.7 Å². The van der Waals surface area contributed by atoms with Gasteiger partial charge in [0, 0.05) is 9.26 Å². The van der Waals surface area contributed by atoms with Crippen LogP contribution in [0.2, 0.25) is 0 Å². The molecule has 0 fully saturated rings. The molecule has 0 amide bonds. The molecule has 2 aromatic rings. The molecule has 2 N–H and O–H groups in total. The van der Waals surface area contributed by atoms with Gasteiger partial charge in [-0.05, 0) is 59.0 Å². The SMILES string of the molecule is O=C(O)c1cc(F)c(Nc2ccc(I)cc2)c(F)c1. The van der Waals surface area contributed by atoms with Crippen molar-refractivity contribution in [2.24, 2.45) is 0 Å². The number of rotatable bonds is 3. The van der Waals surface area contributed by atoms with Crippen LogP contribution in [-0.4, -0.2) is 11.1 Å². The minimum Gasteiger partial charge on any atom is -0.478 e. The lowest BCUT2D eigenvalue weighted by atomic mass is 10.2. The molecule has 2 aromatic carbocycles. The van der Waals surface area contributed by atoms with Gasteiger partial charge in [-0.1, -0.05) is 0 Å². The fourth-order valence-electron chi connectivity index (χ4n) is 1.49. The number of hydrogen-bond acceptors (Lipinski definition) is 2. The molecule has 0 aliphatic carbocycles. The zero-order chi connectivity index (χ0) is 14.0. The van der Waals surface area contributed by atoms with E-state index in [0.29, 0.717) is 5.69 Å². The number of carbonyl (C=O) groups is 1. The Balaban J connectivity index is 2.35. The molecule has 0 unspecified atom stereocenters. The summed E-state index contributed by atoms with van der Waals surface area (Å²) in [6, 6.07) is 8.47. The molecule has 6 heteroatoms. The maximum Gasteiger partial charge on any atom is 0.335 e. The fourth-order valence-corrected chi connectivity index (χ4v) is 1.85. The molecule has 98 valence electrons. The monoisotopic (exact) mass is 375 g/mol. The molecule has 0 saturated heterocycles. The second-order valence-electron chi connectivity index (χ2n) is 3.75. The van der Waals surface area contributed by atoms with Crippen molar-refractivity contribution >= 4 is 39.9 Å². The summed E-state index contributed by atoms with van der Waals surface area (Å²) < 4.78 is 28.3. The van der Waals surface area contributed by atoms with Crippen molar-refractivity contribution in [3.63, 3.8) is 0 Å². The van der Waals surface area contributed by atoms with Crippen molar-refractivity contribution in [1.29, 1.82) is 0 Å². The summed E-state index contributed by atoms with van der Waals surface area (Å²) >= 11 is 2.11. The molecule has 0 heterocycles. The van der Waals surface area contributed by atoms with Crippen molar-refractivity contribution < 1.29 is 18.7 Å². The highest BCUT2D eigenvalue weighted by Gasteiger charge is 2.14. The molecule has 3 nitrogen and oxygen atoms in total. The molecule has 0 radical (unpaired) electrons. The Labute approximate surface area is 121 Å². The average Bonchev–Trinajstić information content (AvgIpc) is 2.35. The van der Waals surface area contributed by atoms with Gasteiger partial charge in [0.25, 0.3) is 0 Å². The van der Waals surface area contributed by atoms with Crippen molar-refractivity contribution in [1.82, 2.24) is 0 Å². The highest BCUT2D eigenvalue weighted by molar-refractivity contribution is 14.1. The van der Waals surface area contributed by atoms with Crippen molar-refractivity contribution in [2.45, 2.75) is 0 Å². The fraction of sp³-hybridized carbons (Fsp3) is 0. The van der Waals surface area contributed by atoms with E-state index in [1.54, 1.807) is 24.3 Å². The smallest absolute Gasteiger partial charge is 0.335 e. The van der Waals surface area contributed by atoms with Crippen molar-refractivity contribution in [3.05, 3.63) is 57.2 Å². The number of carboxylic acid groups (broad SMARTS) is 1. The first-order chi connectivity index (χ1) is 8.97. The number of hydrogen-bond donors (Lipinski definition) is 2. The van der Waals surface area contributed by atoms with Gasteiger partial charge in [-0.15, -0.1) is 0 Å². The summed E-state index contributed by atoms with van der Waals surface area (Å²) in [7, 11) is 0. The standard InChI is InChI=1S/C13H8F2INO2/c14-10-5-7(13(18)19)6-11(15)12(10)17-9-3-1-8(16)2-4-9/h1-6,17H,(H,18,19). The van der Waals surface area contributed by atoms with Crippen LogP contribution in [0.25, 0.3) is 0 Å². The third kappa shape index (κ3) is 3.19. The van der Waals surface area contributed by atoms with Gasteiger partial charge >= 0.3 is 5.97 Å². The van der Waals surface area contributed by atoms with Crippen LogP contribution < -0.4 is 5.32 Å². The first-order valence-corrected chi connectivity index (χ1v) is 6.30. The lowest BCUT2D eigenvalue weighted by Gasteiger charge is -2.09. The Bertz CT molecular complexity index is 606. The van der Waals surface area contributed by atoms with E-state index in [2.05, 4.69) is 27.9 Å². The van der Waals surface area contributed by atoms with Gasteiger partial charge in [0.1, 0.15) is 5.69 Å². The van der Waals surface area contributed by atoms with E-state index in [1.807, 2.05) is 0 Å². The minimum atomic E-state index is -1.38. The van der Waals surface area contributed by atoms with Gasteiger partial charge in [-0.3, -0.25) is 0 Å². The van der Waals surface area contributed by atoms with E-state index >= 15 is 0 Å². The molecule has 19 heavy (non-hydrogen) atoms. The van der Waals surface area contributed by atoms with Gasteiger partial charge in [0.05, 0.1) is 5.56 Å². The van der Waals surface area contributed by atoms with Crippen molar-refractivity contribution in [2.75, 3.05) is 5.32 Å². The Hall–Kier alpha value is -1.70. The summed E-state index contributed by atoms with van der Waals surface area (Å²) in [5.74, 6) is -3.27. The first kappa shape index (κ1) is 13.7. The molecule has 0 aliphatic rings. The summed E-state index contributed by atoms with van der Waals surface area (Å²) in [5.41, 5.74) is -0.282. The minimum absolute atomic E-state index is 0.369. The van der Waals surface area contributed by atoms with E-state index in [1.165, 1.54) is 0 Å². The van der Waals surface area contributed by atoms with E-state index in [-0.39, 0.29) is 5.69 Å². The van der Waals surface area contributed by atoms with E-state index in [4.69, 9.17) is 5.11 Å². The van der Waals surface area contributed by atoms with Crippen LogP contribution in [-0.2, 0) is 0 Å². The summed E-state index contributed by atoms with van der Waals surface area (Å²) in [6.45, 7) is 0. The maximum absolute atomic E-state index is 13.7. The second-order valence-corrected chi connectivity index (χ2v) is 5.00. The Morgan fingerprint density at radius 2 is 1.63 bits per heavy atom. The lowest BCUT2D eigenvalue weighted by molar-refractivity contribution is 0.0696. The number of anilines is 2. The molecule has 0 atom stereocenters. The van der Waals surface area contributed by atoms with E-state index in [9.17, 15) is 13.6 Å².